The third kappa shape index (κ3) is 16.2. The number of nitrogens with two attached hydrogens (primary N) is 1. The van der Waals surface area contributed by atoms with E-state index < -0.39 is 11.5 Å². The molecule has 0 aliphatic heterocycles. The maximum Gasteiger partial charge on any atom is 0.168 e. The van der Waals surface area contributed by atoms with Crippen molar-refractivity contribution in [3.63, 3.8) is 0 Å². The Morgan fingerprint density at radius 1 is 0.621 bits per heavy atom. The Balaban J connectivity index is 4.45. The Kier molecular flexibility index (Phi) is 20.9. The minimum Gasteiger partial charge on any atom is -0.382 e. The van der Waals surface area contributed by atoms with Crippen LogP contribution in [0.1, 0.15) is 0 Å². The molecular weight excluding hydrogens is 402 g/mol. The lowest BCUT2D eigenvalue weighted by Crippen LogP contribution is -2.54. The van der Waals surface area contributed by atoms with Crippen LogP contribution in [0.4, 0.5) is 0 Å². The Hall–Kier alpha value is -0.183. The van der Waals surface area contributed by atoms with Crippen molar-refractivity contribution in [3.05, 3.63) is 0 Å². The zero-order chi connectivity index (χ0) is 21.6. The molecule has 11 heteroatoms. The second-order valence-corrected chi connectivity index (χ2v) is 7.52. The summed E-state index contributed by atoms with van der Waals surface area (Å²) in [6.07, 6.45) is -0.418. The summed E-state index contributed by atoms with van der Waals surface area (Å²) in [7, 11) is 5.45. The highest BCUT2D eigenvalue weighted by Crippen LogP contribution is 2.17. The van der Waals surface area contributed by atoms with Gasteiger partial charge in [-0.2, -0.15) is 0 Å². The van der Waals surface area contributed by atoms with Crippen molar-refractivity contribution < 1.29 is 42.6 Å². The third-order valence-electron chi connectivity index (χ3n) is 3.87. The first kappa shape index (κ1) is 28.8. The average Bonchev–Trinajstić information content (AvgIpc) is 2.72. The second kappa shape index (κ2) is 21.1. The van der Waals surface area contributed by atoms with Gasteiger partial charge in [-0.05, 0) is 0 Å². The van der Waals surface area contributed by atoms with Gasteiger partial charge in [0.1, 0.15) is 6.10 Å². The van der Waals surface area contributed by atoms with Gasteiger partial charge >= 0.3 is 0 Å². The molecule has 1 unspecified atom stereocenters. The smallest absolute Gasteiger partial charge is 0.168 e. The van der Waals surface area contributed by atoms with Crippen LogP contribution >= 0.6 is 0 Å². The monoisotopic (exact) mass is 443 g/mol. The maximum atomic E-state index is 6.01. The second-order valence-electron chi connectivity index (χ2n) is 6.12. The number of hydrogen-bond acceptors (Lipinski definition) is 10. The van der Waals surface area contributed by atoms with Crippen LogP contribution in [-0.4, -0.2) is 129 Å². The lowest BCUT2D eigenvalue weighted by Gasteiger charge is -2.37. The lowest BCUT2D eigenvalue weighted by atomic mass is 10.3. The van der Waals surface area contributed by atoms with E-state index in [0.29, 0.717) is 89.5 Å². The van der Waals surface area contributed by atoms with Crippen LogP contribution in [0.15, 0.2) is 0 Å². The minimum atomic E-state index is -0.906. The van der Waals surface area contributed by atoms with Crippen LogP contribution in [0.3, 0.4) is 0 Å². The molecule has 176 valence electrons. The Bertz CT molecular complexity index is 326. The van der Waals surface area contributed by atoms with Gasteiger partial charge in [0.05, 0.1) is 89.5 Å². The van der Waals surface area contributed by atoms with E-state index in [0.717, 1.165) is 0 Å². The summed E-state index contributed by atoms with van der Waals surface area (Å²) < 4.78 is 49.1. The number of rotatable bonds is 23. The molecule has 0 rings (SSSR count). The molecule has 0 saturated heterocycles. The average molecular weight is 444 g/mol. The minimum absolute atomic E-state index is 0.261. The van der Waals surface area contributed by atoms with Gasteiger partial charge < -0.3 is 48.4 Å². The highest BCUT2D eigenvalue weighted by atomic mass is 28.1. The van der Waals surface area contributed by atoms with Gasteiger partial charge in [-0.25, -0.2) is 0 Å². The lowest BCUT2D eigenvalue weighted by molar-refractivity contribution is -0.246. The van der Waals surface area contributed by atoms with Crippen LogP contribution in [0.5, 0.6) is 0 Å². The predicted molar refractivity (Wildman–Crippen MR) is 111 cm³/mol. The van der Waals surface area contributed by atoms with Gasteiger partial charge in [0.25, 0.3) is 0 Å². The first-order chi connectivity index (χ1) is 14.1. The van der Waals surface area contributed by atoms with Crippen molar-refractivity contribution in [2.75, 3.05) is 107 Å². The fourth-order valence-electron chi connectivity index (χ4n) is 2.25. The van der Waals surface area contributed by atoms with Gasteiger partial charge in [-0.3, -0.25) is 0 Å². The molecule has 0 aromatic rings. The Morgan fingerprint density at radius 2 is 1.00 bits per heavy atom. The van der Waals surface area contributed by atoms with Gasteiger partial charge in [0, 0.05) is 27.9 Å². The van der Waals surface area contributed by atoms with E-state index >= 15 is 0 Å². The molecule has 0 spiro atoms. The van der Waals surface area contributed by atoms with Crippen molar-refractivity contribution in [2.45, 2.75) is 11.5 Å². The number of hydrogen-bond donors (Lipinski definition) is 1. The first-order valence-corrected chi connectivity index (χ1v) is 10.9. The van der Waals surface area contributed by atoms with Crippen LogP contribution in [-0.2, 0) is 42.6 Å². The normalized spacial score (nSPS) is 13.2. The van der Waals surface area contributed by atoms with E-state index in [9.17, 15) is 0 Å². The van der Waals surface area contributed by atoms with E-state index in [1.807, 2.05) is 0 Å². The standard InChI is InChI=1S/C18H41NO9Si/c1-20-4-7-23-10-13-26-17(16-19)18(29,27-14-11-24-8-5-21-2)28-15-12-25-9-6-22-3/h17H,4-16,19H2,1-3,29H3. The van der Waals surface area contributed by atoms with Crippen molar-refractivity contribution in [3.8, 4) is 0 Å². The summed E-state index contributed by atoms with van der Waals surface area (Å²) in [5.74, 6) is 0. The van der Waals surface area contributed by atoms with Gasteiger partial charge in [0.15, 0.2) is 5.41 Å². The predicted octanol–water partition coefficient (Wildman–Crippen LogP) is -1.63. The van der Waals surface area contributed by atoms with E-state index in [1.165, 1.54) is 0 Å². The van der Waals surface area contributed by atoms with E-state index in [4.69, 9.17) is 48.4 Å². The molecule has 1 atom stereocenters. The molecule has 0 amide bonds. The molecule has 2 N–H and O–H groups in total. The molecule has 0 aromatic heterocycles. The summed E-state index contributed by atoms with van der Waals surface area (Å²) in [5.41, 5.74) is 5.04. The van der Waals surface area contributed by atoms with Crippen LogP contribution in [0.2, 0.25) is 0 Å². The van der Waals surface area contributed by atoms with E-state index in [-0.39, 0.29) is 6.54 Å². The summed E-state index contributed by atoms with van der Waals surface area (Å²) >= 11 is 0. The van der Waals surface area contributed by atoms with Crippen LogP contribution in [0.25, 0.3) is 0 Å². The fraction of sp³-hybridized carbons (Fsp3) is 1.00. The van der Waals surface area contributed by atoms with Gasteiger partial charge in [-0.1, -0.05) is 0 Å². The zero-order valence-electron chi connectivity index (χ0n) is 18.5. The number of methoxy groups -OCH3 is 3. The Morgan fingerprint density at radius 3 is 1.38 bits per heavy atom. The molecular formula is C18H41NO9Si. The number of ether oxygens (including phenoxy) is 9. The molecule has 29 heavy (non-hydrogen) atoms. The maximum absolute atomic E-state index is 6.01. The first-order valence-electron chi connectivity index (χ1n) is 9.94. The SMILES string of the molecule is COCCOCCOC(CN)C([SiH3])(OCCOCCOC)OCCOCCOC. The van der Waals surface area contributed by atoms with Gasteiger partial charge in [-0.15, -0.1) is 0 Å². The summed E-state index contributed by atoms with van der Waals surface area (Å²) in [5, 5.41) is 0. The largest absolute Gasteiger partial charge is 0.382 e. The topological polar surface area (TPSA) is 109 Å². The molecule has 0 heterocycles. The summed E-state index contributed by atoms with van der Waals surface area (Å²) in [4.78, 5) is 0. The molecule has 0 saturated carbocycles. The van der Waals surface area contributed by atoms with Crippen molar-refractivity contribution in [1.82, 2.24) is 0 Å². The highest BCUT2D eigenvalue weighted by molar-refractivity contribution is 6.14. The Labute approximate surface area is 177 Å². The van der Waals surface area contributed by atoms with Crippen LogP contribution in [0, 0.1) is 0 Å². The van der Waals surface area contributed by atoms with E-state index in [2.05, 4.69) is 0 Å². The van der Waals surface area contributed by atoms with Crippen molar-refractivity contribution in [1.29, 1.82) is 0 Å². The molecule has 10 nitrogen and oxygen atoms in total. The zero-order valence-corrected chi connectivity index (χ0v) is 20.5. The highest BCUT2D eigenvalue weighted by Gasteiger charge is 2.36. The molecule has 0 fully saturated rings. The summed E-state index contributed by atoms with van der Waals surface area (Å²) in [6.45, 7) is 5.84. The molecule has 0 radical (unpaired) electrons. The van der Waals surface area contributed by atoms with Crippen molar-refractivity contribution in [2.24, 2.45) is 5.73 Å². The molecule has 0 aliphatic carbocycles. The summed E-state index contributed by atoms with van der Waals surface area (Å²) in [6, 6.07) is 0. The molecule has 0 aromatic carbocycles. The fourth-order valence-corrected chi connectivity index (χ4v) is 3.06. The van der Waals surface area contributed by atoms with Crippen LogP contribution < -0.4 is 5.73 Å². The van der Waals surface area contributed by atoms with Crippen molar-refractivity contribution >= 4 is 10.2 Å². The van der Waals surface area contributed by atoms with Gasteiger partial charge in [0.2, 0.25) is 0 Å². The quantitative estimate of drug-likeness (QED) is 0.112. The third-order valence-corrected chi connectivity index (χ3v) is 5.09. The van der Waals surface area contributed by atoms with E-state index in [1.54, 1.807) is 21.3 Å². The molecule has 0 bridgehead atoms. The molecule has 0 aliphatic rings.